The van der Waals surface area contributed by atoms with E-state index >= 15 is 0 Å². The molecule has 0 aliphatic carbocycles. The van der Waals surface area contributed by atoms with Gasteiger partial charge in [0.25, 0.3) is 11.3 Å². The molecule has 4 nitrogen and oxygen atoms in total. The maximum absolute atomic E-state index is 12.2. The predicted molar refractivity (Wildman–Crippen MR) is 67.2 cm³/mol. The second-order valence-corrected chi connectivity index (χ2v) is 4.63. The molecule has 1 heterocycles. The van der Waals surface area contributed by atoms with Gasteiger partial charge in [-0.1, -0.05) is 18.2 Å². The molecule has 0 N–H and O–H groups in total. The van der Waals surface area contributed by atoms with Crippen molar-refractivity contribution in [3.63, 3.8) is 0 Å². The van der Waals surface area contributed by atoms with Gasteiger partial charge in [-0.25, -0.2) is 0 Å². The number of hydroxylamine groups is 2. The van der Waals surface area contributed by atoms with Crippen LogP contribution in [0.25, 0.3) is 0 Å². The summed E-state index contributed by atoms with van der Waals surface area (Å²) in [5.74, 6) is 0.272. The molecule has 0 aromatic heterocycles. The second kappa shape index (κ2) is 3.87. The lowest BCUT2D eigenvalue weighted by Crippen LogP contribution is -2.39. The summed E-state index contributed by atoms with van der Waals surface area (Å²) in [4.78, 5) is 0. The molecule has 0 saturated heterocycles. The summed E-state index contributed by atoms with van der Waals surface area (Å²) in [5, 5.41) is 24.2. The van der Waals surface area contributed by atoms with Crippen LogP contribution < -0.4 is 0 Å². The molecule has 2 rings (SSSR count). The van der Waals surface area contributed by atoms with Crippen LogP contribution >= 0.6 is 0 Å². The third-order valence-electron chi connectivity index (χ3n) is 3.12. The Bertz CT molecular complexity index is 501. The van der Waals surface area contributed by atoms with Gasteiger partial charge in [0.1, 0.15) is 0 Å². The Morgan fingerprint density at radius 2 is 1.71 bits per heavy atom. The molecule has 0 amide bonds. The Morgan fingerprint density at radius 3 is 2.18 bits per heavy atom. The summed E-state index contributed by atoms with van der Waals surface area (Å²) in [7, 11) is 0. The van der Waals surface area contributed by atoms with Gasteiger partial charge in [-0.15, -0.1) is 9.48 Å². The van der Waals surface area contributed by atoms with E-state index in [1.165, 1.54) is 0 Å². The van der Waals surface area contributed by atoms with E-state index in [4.69, 9.17) is 0 Å². The monoisotopic (exact) mass is 232 g/mol. The van der Waals surface area contributed by atoms with E-state index < -0.39 is 5.54 Å². The third kappa shape index (κ3) is 1.60. The van der Waals surface area contributed by atoms with E-state index in [0.29, 0.717) is 12.1 Å². The van der Waals surface area contributed by atoms with Gasteiger partial charge in [0.2, 0.25) is 0 Å². The molecular formula is C13H16N2O2. The molecule has 90 valence electrons. The molecule has 1 aliphatic heterocycles. The Labute approximate surface area is 101 Å². The highest BCUT2D eigenvalue weighted by Crippen LogP contribution is 2.23. The van der Waals surface area contributed by atoms with Crippen LogP contribution in [0.3, 0.4) is 0 Å². The summed E-state index contributed by atoms with van der Waals surface area (Å²) in [6.07, 6.45) is 0.437. The average molecular weight is 232 g/mol. The molecule has 17 heavy (non-hydrogen) atoms. The summed E-state index contributed by atoms with van der Waals surface area (Å²) < 4.78 is 1.60. The molecule has 1 aromatic carbocycles. The Balaban J connectivity index is 2.61. The highest BCUT2D eigenvalue weighted by atomic mass is 16.5. The normalized spacial score (nSPS) is 19.0. The Morgan fingerprint density at radius 1 is 1.12 bits per heavy atom. The fraction of sp³-hybridized carbons (Fsp3) is 0.385. The largest absolute Gasteiger partial charge is 0.619 e. The molecule has 0 bridgehead atoms. The van der Waals surface area contributed by atoms with Crippen molar-refractivity contribution in [1.82, 2.24) is 0 Å². The maximum atomic E-state index is 12.2. The van der Waals surface area contributed by atoms with E-state index in [-0.39, 0.29) is 5.84 Å². The van der Waals surface area contributed by atoms with Crippen LogP contribution in [0, 0.1) is 10.4 Å². The van der Waals surface area contributed by atoms with E-state index in [0.717, 1.165) is 15.0 Å². The molecule has 0 unspecified atom stereocenters. The number of nitrogens with zero attached hydrogens (tertiary/aromatic N) is 2. The zero-order valence-corrected chi connectivity index (χ0v) is 10.3. The lowest BCUT2D eigenvalue weighted by atomic mass is 9.93. The highest BCUT2D eigenvalue weighted by molar-refractivity contribution is 6.06. The summed E-state index contributed by atoms with van der Waals surface area (Å²) in [6.45, 7) is 5.36. The zero-order chi connectivity index (χ0) is 12.6. The molecule has 1 aliphatic rings. The van der Waals surface area contributed by atoms with Crippen LogP contribution in [0.15, 0.2) is 30.3 Å². The van der Waals surface area contributed by atoms with Crippen LogP contribution in [0.4, 0.5) is 0 Å². The number of hydrogen-bond donors (Lipinski definition) is 0. The fourth-order valence-electron chi connectivity index (χ4n) is 2.23. The van der Waals surface area contributed by atoms with Crippen molar-refractivity contribution in [3.8, 4) is 0 Å². The lowest BCUT2D eigenvalue weighted by Gasteiger charge is -2.15. The SMILES string of the molecule is CCC1=[N+]([O-])C(C)(C)C(c2ccccc2)=[N+]1[O-]. The third-order valence-corrected chi connectivity index (χ3v) is 3.12. The van der Waals surface area contributed by atoms with E-state index in [1.807, 2.05) is 37.3 Å². The first kappa shape index (κ1) is 11.6. The van der Waals surface area contributed by atoms with Crippen LogP contribution in [0.5, 0.6) is 0 Å². The maximum Gasteiger partial charge on any atom is 0.436 e. The van der Waals surface area contributed by atoms with Crippen LogP contribution in [0.1, 0.15) is 32.8 Å². The van der Waals surface area contributed by atoms with Gasteiger partial charge >= 0.3 is 5.84 Å². The standard InChI is InChI=1S/C13H16N2O2/c1-4-11-14(16)12(13(2,3)15(11)17)10-8-6-5-7-9-10/h5-9H,4H2,1-3H3. The lowest BCUT2D eigenvalue weighted by molar-refractivity contribution is -0.533. The number of hydrogen-bond acceptors (Lipinski definition) is 2. The Hall–Kier alpha value is -1.84. The minimum atomic E-state index is -0.811. The van der Waals surface area contributed by atoms with E-state index in [1.54, 1.807) is 13.8 Å². The molecule has 0 spiro atoms. The summed E-state index contributed by atoms with van der Waals surface area (Å²) >= 11 is 0. The van der Waals surface area contributed by atoms with Gasteiger partial charge in [-0.3, -0.25) is 0 Å². The van der Waals surface area contributed by atoms with Crippen LogP contribution in [-0.2, 0) is 0 Å². The van der Waals surface area contributed by atoms with Gasteiger partial charge in [0, 0.05) is 13.8 Å². The van der Waals surface area contributed by atoms with Crippen molar-refractivity contribution in [1.29, 1.82) is 0 Å². The van der Waals surface area contributed by atoms with Crippen molar-refractivity contribution < 1.29 is 9.48 Å². The minimum Gasteiger partial charge on any atom is -0.619 e. The van der Waals surface area contributed by atoms with Crippen molar-refractivity contribution in [3.05, 3.63) is 46.3 Å². The second-order valence-electron chi connectivity index (χ2n) is 4.63. The highest BCUT2D eigenvalue weighted by Gasteiger charge is 2.51. The van der Waals surface area contributed by atoms with E-state index in [2.05, 4.69) is 0 Å². The minimum absolute atomic E-state index is 0.272. The van der Waals surface area contributed by atoms with Crippen molar-refractivity contribution in [2.75, 3.05) is 0 Å². The van der Waals surface area contributed by atoms with Crippen molar-refractivity contribution in [2.24, 2.45) is 0 Å². The quantitative estimate of drug-likeness (QED) is 0.579. The fourth-order valence-corrected chi connectivity index (χ4v) is 2.23. The first-order valence-electron chi connectivity index (χ1n) is 5.73. The van der Waals surface area contributed by atoms with Crippen molar-refractivity contribution in [2.45, 2.75) is 32.7 Å². The van der Waals surface area contributed by atoms with E-state index in [9.17, 15) is 10.4 Å². The molecule has 4 heteroatoms. The smallest absolute Gasteiger partial charge is 0.436 e. The van der Waals surface area contributed by atoms with Gasteiger partial charge in [0.05, 0.1) is 12.0 Å². The number of rotatable bonds is 2. The first-order valence-corrected chi connectivity index (χ1v) is 5.73. The van der Waals surface area contributed by atoms with Gasteiger partial charge < -0.3 is 10.4 Å². The predicted octanol–water partition coefficient (Wildman–Crippen LogP) is 2.10. The molecule has 0 atom stereocenters. The topological polar surface area (TPSA) is 52.1 Å². The van der Waals surface area contributed by atoms with Gasteiger partial charge in [-0.2, -0.15) is 0 Å². The summed E-state index contributed by atoms with van der Waals surface area (Å²) in [5.41, 5.74) is 0.510. The van der Waals surface area contributed by atoms with Crippen molar-refractivity contribution >= 4 is 11.5 Å². The zero-order valence-electron chi connectivity index (χ0n) is 10.3. The summed E-state index contributed by atoms with van der Waals surface area (Å²) in [6, 6.07) is 9.33. The number of benzene rings is 1. The Kier molecular flexibility index (Phi) is 2.65. The van der Waals surface area contributed by atoms with Crippen LogP contribution in [-0.4, -0.2) is 26.6 Å². The van der Waals surface area contributed by atoms with Gasteiger partial charge in [0.15, 0.2) is 0 Å². The average Bonchev–Trinajstić information content (AvgIpc) is 2.47. The number of amidine groups is 1. The molecule has 1 aromatic rings. The molecule has 0 saturated carbocycles. The molecule has 0 fully saturated rings. The first-order chi connectivity index (χ1) is 8.00. The van der Waals surface area contributed by atoms with Gasteiger partial charge in [-0.05, 0) is 19.1 Å². The molecular weight excluding hydrogens is 216 g/mol. The van der Waals surface area contributed by atoms with Crippen LogP contribution in [0.2, 0.25) is 0 Å². The molecule has 0 radical (unpaired) electrons.